The van der Waals surface area contributed by atoms with Crippen LogP contribution in [0.3, 0.4) is 0 Å². The molecule has 32 heavy (non-hydrogen) atoms. The second-order valence-corrected chi connectivity index (χ2v) is 9.03. The number of nitriles is 2. The Hall–Kier alpha value is -3.16. The predicted molar refractivity (Wildman–Crippen MR) is 103 cm³/mol. The minimum atomic E-state index is -4.77. The van der Waals surface area contributed by atoms with Crippen molar-refractivity contribution in [3.63, 3.8) is 0 Å². The molecule has 8 nitrogen and oxygen atoms in total. The molecule has 0 spiro atoms. The summed E-state index contributed by atoms with van der Waals surface area (Å²) >= 11 is 0. The first kappa shape index (κ1) is 23.5. The van der Waals surface area contributed by atoms with Crippen molar-refractivity contribution in [2.45, 2.75) is 22.8 Å². The summed E-state index contributed by atoms with van der Waals surface area (Å²) in [7, 11) is -4.51. The van der Waals surface area contributed by atoms with Crippen molar-refractivity contribution in [2.24, 2.45) is 0 Å². The molecule has 1 saturated heterocycles. The molecule has 12 heteroatoms. The van der Waals surface area contributed by atoms with Crippen molar-refractivity contribution in [1.29, 1.82) is 10.5 Å². The van der Waals surface area contributed by atoms with Gasteiger partial charge in [0.1, 0.15) is 23.5 Å². The summed E-state index contributed by atoms with van der Waals surface area (Å²) in [6, 6.07) is 10.8. The van der Waals surface area contributed by atoms with Gasteiger partial charge in [-0.05, 0) is 42.5 Å². The fourth-order valence-corrected chi connectivity index (χ4v) is 4.86. The number of halogens is 3. The summed E-state index contributed by atoms with van der Waals surface area (Å²) in [5.74, 6) is 0.201. The molecule has 0 aromatic heterocycles. The van der Waals surface area contributed by atoms with Gasteiger partial charge in [0, 0.05) is 6.54 Å². The third-order valence-electron chi connectivity index (χ3n) is 5.00. The van der Waals surface area contributed by atoms with E-state index >= 15 is 0 Å². The molecule has 2 aromatic rings. The van der Waals surface area contributed by atoms with Gasteiger partial charge in [0.25, 0.3) is 0 Å². The van der Waals surface area contributed by atoms with Gasteiger partial charge < -0.3 is 14.9 Å². The van der Waals surface area contributed by atoms with Crippen LogP contribution in [0.1, 0.15) is 16.7 Å². The van der Waals surface area contributed by atoms with E-state index in [2.05, 4.69) is 0 Å². The second kappa shape index (κ2) is 8.41. The maximum Gasteiger partial charge on any atom is 0.416 e. The predicted octanol–water partition coefficient (Wildman–Crippen LogP) is 1.62. The van der Waals surface area contributed by atoms with Crippen LogP contribution in [0, 0.1) is 22.7 Å². The number of sulfonamides is 1. The Kier molecular flexibility index (Phi) is 6.18. The van der Waals surface area contributed by atoms with Gasteiger partial charge in [-0.25, -0.2) is 8.42 Å². The molecule has 3 rings (SSSR count). The second-order valence-electron chi connectivity index (χ2n) is 7.12. The minimum absolute atomic E-state index is 0.201. The van der Waals surface area contributed by atoms with E-state index in [1.807, 2.05) is 6.07 Å². The van der Waals surface area contributed by atoms with Crippen LogP contribution in [0.15, 0.2) is 47.4 Å². The number of β-amino-alcohol motifs (C(OH)–C–C–N with tert-alkyl or cyclic N) is 1. The van der Waals surface area contributed by atoms with Gasteiger partial charge >= 0.3 is 6.18 Å². The van der Waals surface area contributed by atoms with Gasteiger partial charge in [-0.2, -0.15) is 28.0 Å². The maximum absolute atomic E-state index is 13.1. The molecule has 168 valence electrons. The molecule has 0 aliphatic carbocycles. The highest BCUT2D eigenvalue weighted by atomic mass is 32.2. The third kappa shape index (κ3) is 4.40. The van der Waals surface area contributed by atoms with Gasteiger partial charge in [0.15, 0.2) is 0 Å². The molecule has 1 fully saturated rings. The minimum Gasteiger partial charge on any atom is -0.486 e. The molecule has 0 saturated carbocycles. The van der Waals surface area contributed by atoms with E-state index in [0.717, 1.165) is 4.31 Å². The smallest absolute Gasteiger partial charge is 0.416 e. The zero-order valence-electron chi connectivity index (χ0n) is 16.2. The van der Waals surface area contributed by atoms with Gasteiger partial charge in [0.05, 0.1) is 40.8 Å². The maximum atomic E-state index is 13.1. The molecule has 2 atom stereocenters. The van der Waals surface area contributed by atoms with E-state index < -0.39 is 63.6 Å². The zero-order chi connectivity index (χ0) is 23.7. The number of hydrogen-bond donors (Lipinski definition) is 2. The Bertz CT molecular complexity index is 1200. The van der Waals surface area contributed by atoms with Crippen LogP contribution in [0.25, 0.3) is 0 Å². The highest BCUT2D eigenvalue weighted by Crippen LogP contribution is 2.35. The van der Waals surface area contributed by atoms with Gasteiger partial charge in [0.2, 0.25) is 10.0 Å². The standard InChI is InChI=1S/C20H16F3N3O5S/c21-20(22,23)15-3-6-17(14(7-15)9-25)32(29,30)26-10-18(19(28,11-26)12-27)31-16-4-1-13(8-24)2-5-16/h1-7,18,27-28H,10-12H2/t18?,19-/m1/s1. The SMILES string of the molecule is N#Cc1ccc(OC2CN(S(=O)(=O)c3ccc(C(F)(F)F)cc3C#N)C[C@@]2(O)CO)cc1. The summed E-state index contributed by atoms with van der Waals surface area (Å²) in [4.78, 5) is -0.660. The summed E-state index contributed by atoms with van der Waals surface area (Å²) in [6.07, 6.45) is -5.99. The fraction of sp³-hybridized carbons (Fsp3) is 0.300. The molecule has 0 bridgehead atoms. The third-order valence-corrected chi connectivity index (χ3v) is 6.87. The molecule has 1 heterocycles. The normalized spacial score (nSPS) is 21.7. The number of ether oxygens (including phenoxy) is 1. The topological polar surface area (TPSA) is 135 Å². The summed E-state index contributed by atoms with van der Waals surface area (Å²) in [6.45, 7) is -1.91. The Morgan fingerprint density at radius 3 is 2.34 bits per heavy atom. The highest BCUT2D eigenvalue weighted by Gasteiger charge is 2.51. The number of nitrogens with zero attached hydrogens (tertiary/aromatic N) is 3. The van der Waals surface area contributed by atoms with E-state index in [0.29, 0.717) is 23.8 Å². The average Bonchev–Trinajstić information content (AvgIpc) is 3.10. The van der Waals surface area contributed by atoms with Crippen molar-refractivity contribution >= 4 is 10.0 Å². The van der Waals surface area contributed by atoms with Crippen molar-refractivity contribution in [1.82, 2.24) is 4.31 Å². The lowest BCUT2D eigenvalue weighted by atomic mass is 10.0. The van der Waals surface area contributed by atoms with Crippen LogP contribution in [0.2, 0.25) is 0 Å². The van der Waals surface area contributed by atoms with E-state index in [9.17, 15) is 37.1 Å². The van der Waals surface area contributed by atoms with E-state index in [4.69, 9.17) is 10.00 Å². The molecule has 0 amide bonds. The molecule has 1 aliphatic rings. The Morgan fingerprint density at radius 1 is 1.16 bits per heavy atom. The van der Waals surface area contributed by atoms with Crippen molar-refractivity contribution < 1.29 is 36.5 Å². The zero-order valence-corrected chi connectivity index (χ0v) is 17.1. The summed E-state index contributed by atoms with van der Waals surface area (Å²) in [5.41, 5.74) is -3.55. The molecular formula is C20H16F3N3O5S. The summed E-state index contributed by atoms with van der Waals surface area (Å²) < 4.78 is 71.3. The largest absolute Gasteiger partial charge is 0.486 e. The molecule has 1 aliphatic heterocycles. The van der Waals surface area contributed by atoms with Crippen LogP contribution in [-0.2, 0) is 16.2 Å². The molecule has 1 unspecified atom stereocenters. The quantitative estimate of drug-likeness (QED) is 0.682. The Morgan fingerprint density at radius 2 is 1.81 bits per heavy atom. The number of aliphatic hydroxyl groups excluding tert-OH is 1. The van der Waals surface area contributed by atoms with Crippen LogP contribution < -0.4 is 4.74 Å². The first-order chi connectivity index (χ1) is 14.9. The van der Waals surface area contributed by atoms with Crippen LogP contribution >= 0.6 is 0 Å². The van der Waals surface area contributed by atoms with Gasteiger partial charge in [-0.3, -0.25) is 0 Å². The molecular weight excluding hydrogens is 451 g/mol. The Balaban J connectivity index is 1.92. The van der Waals surface area contributed by atoms with Crippen LogP contribution in [-0.4, -0.2) is 54.3 Å². The lowest BCUT2D eigenvalue weighted by Gasteiger charge is -2.27. The first-order valence-corrected chi connectivity index (χ1v) is 10.5. The Labute approximate surface area is 181 Å². The van der Waals surface area contributed by atoms with Crippen molar-refractivity contribution in [3.8, 4) is 17.9 Å². The highest BCUT2D eigenvalue weighted by molar-refractivity contribution is 7.89. The lowest BCUT2D eigenvalue weighted by Crippen LogP contribution is -2.48. The average molecular weight is 467 g/mol. The number of hydrogen-bond acceptors (Lipinski definition) is 7. The number of benzene rings is 2. The van der Waals surface area contributed by atoms with Crippen LogP contribution in [0.4, 0.5) is 13.2 Å². The number of aliphatic hydroxyl groups is 2. The number of alkyl halides is 3. The number of rotatable bonds is 5. The first-order valence-electron chi connectivity index (χ1n) is 9.06. The molecule has 2 N–H and O–H groups in total. The van der Waals surface area contributed by atoms with Gasteiger partial charge in [-0.1, -0.05) is 0 Å². The van der Waals surface area contributed by atoms with Crippen molar-refractivity contribution in [3.05, 3.63) is 59.2 Å². The van der Waals surface area contributed by atoms with E-state index in [1.54, 1.807) is 0 Å². The van der Waals surface area contributed by atoms with Crippen LogP contribution in [0.5, 0.6) is 5.75 Å². The van der Waals surface area contributed by atoms with E-state index in [1.165, 1.54) is 30.3 Å². The fourth-order valence-electron chi connectivity index (χ4n) is 3.24. The lowest BCUT2D eigenvalue weighted by molar-refractivity contribution is -0.137. The van der Waals surface area contributed by atoms with E-state index in [-0.39, 0.29) is 5.75 Å². The molecule has 0 radical (unpaired) electrons. The van der Waals surface area contributed by atoms with Crippen molar-refractivity contribution in [2.75, 3.05) is 19.7 Å². The van der Waals surface area contributed by atoms with Gasteiger partial charge in [-0.15, -0.1) is 0 Å². The summed E-state index contributed by atoms with van der Waals surface area (Å²) in [5, 5.41) is 38.5. The molecule has 2 aromatic carbocycles. The monoisotopic (exact) mass is 467 g/mol.